The second-order valence-electron chi connectivity index (χ2n) is 6.26. The van der Waals surface area contributed by atoms with Gasteiger partial charge in [0.15, 0.2) is 0 Å². The van der Waals surface area contributed by atoms with Crippen molar-refractivity contribution >= 4 is 11.6 Å². The fourth-order valence-corrected chi connectivity index (χ4v) is 3.56. The minimum atomic E-state index is -4.43. The standard InChI is InChI=1S/C19H16ClF3N2/c20-18-7-6-15(19(21,22)23)8-16(18)17-12-25(11-14(17)9-24)10-13-4-2-1-3-5-13/h1-8,14,17H,10-12H2. The molecule has 0 aliphatic carbocycles. The van der Waals surface area contributed by atoms with E-state index in [0.29, 0.717) is 25.2 Å². The van der Waals surface area contributed by atoms with E-state index < -0.39 is 11.7 Å². The summed E-state index contributed by atoms with van der Waals surface area (Å²) in [5.41, 5.74) is 0.777. The molecule has 2 aromatic rings. The molecule has 0 radical (unpaired) electrons. The smallest absolute Gasteiger partial charge is 0.297 e. The van der Waals surface area contributed by atoms with Crippen molar-refractivity contribution in [3.63, 3.8) is 0 Å². The van der Waals surface area contributed by atoms with Crippen LogP contribution < -0.4 is 0 Å². The zero-order valence-electron chi connectivity index (χ0n) is 13.3. The number of nitrogens with zero attached hydrogens (tertiary/aromatic N) is 2. The lowest BCUT2D eigenvalue weighted by atomic mass is 9.89. The molecule has 3 rings (SSSR count). The van der Waals surface area contributed by atoms with Gasteiger partial charge in [0.2, 0.25) is 0 Å². The highest BCUT2D eigenvalue weighted by Crippen LogP contribution is 2.39. The maximum Gasteiger partial charge on any atom is 0.416 e. The minimum Gasteiger partial charge on any atom is -0.297 e. The Hall–Kier alpha value is -2.03. The van der Waals surface area contributed by atoms with Gasteiger partial charge in [0, 0.05) is 30.6 Å². The summed E-state index contributed by atoms with van der Waals surface area (Å²) in [6, 6.07) is 15.4. The predicted molar refractivity (Wildman–Crippen MR) is 90.0 cm³/mol. The lowest BCUT2D eigenvalue weighted by Crippen LogP contribution is -2.20. The third-order valence-corrected chi connectivity index (χ3v) is 4.88. The number of halogens is 4. The lowest BCUT2D eigenvalue weighted by molar-refractivity contribution is -0.137. The van der Waals surface area contributed by atoms with Crippen LogP contribution in [0.1, 0.15) is 22.6 Å². The molecule has 2 unspecified atom stereocenters. The highest BCUT2D eigenvalue weighted by Gasteiger charge is 2.37. The van der Waals surface area contributed by atoms with E-state index >= 15 is 0 Å². The topological polar surface area (TPSA) is 27.0 Å². The van der Waals surface area contributed by atoms with E-state index in [9.17, 15) is 18.4 Å². The second kappa shape index (κ2) is 7.07. The zero-order valence-corrected chi connectivity index (χ0v) is 14.1. The Morgan fingerprint density at radius 1 is 1.12 bits per heavy atom. The summed E-state index contributed by atoms with van der Waals surface area (Å²) in [5, 5.41) is 9.74. The van der Waals surface area contributed by atoms with E-state index in [2.05, 4.69) is 11.0 Å². The molecule has 25 heavy (non-hydrogen) atoms. The first kappa shape index (κ1) is 17.8. The maximum absolute atomic E-state index is 13.0. The highest BCUT2D eigenvalue weighted by atomic mass is 35.5. The molecular weight excluding hydrogens is 349 g/mol. The molecule has 1 saturated heterocycles. The van der Waals surface area contributed by atoms with Crippen molar-refractivity contribution in [2.75, 3.05) is 13.1 Å². The van der Waals surface area contributed by atoms with Gasteiger partial charge in [-0.1, -0.05) is 41.9 Å². The summed E-state index contributed by atoms with van der Waals surface area (Å²) in [6.45, 7) is 1.68. The Morgan fingerprint density at radius 3 is 2.48 bits per heavy atom. The second-order valence-corrected chi connectivity index (χ2v) is 6.66. The molecule has 130 valence electrons. The van der Waals surface area contributed by atoms with Gasteiger partial charge in [-0.15, -0.1) is 0 Å². The first-order valence-corrected chi connectivity index (χ1v) is 8.29. The molecule has 1 heterocycles. The third kappa shape index (κ3) is 3.97. The molecule has 1 aliphatic heterocycles. The molecule has 2 atom stereocenters. The number of nitriles is 1. The summed E-state index contributed by atoms with van der Waals surface area (Å²) in [7, 11) is 0. The van der Waals surface area contributed by atoms with E-state index in [4.69, 9.17) is 11.6 Å². The predicted octanol–water partition coefficient (Wildman–Crippen LogP) is 5.10. The van der Waals surface area contributed by atoms with Crippen LogP contribution in [0.3, 0.4) is 0 Å². The van der Waals surface area contributed by atoms with Gasteiger partial charge in [-0.25, -0.2) is 0 Å². The van der Waals surface area contributed by atoms with E-state index in [0.717, 1.165) is 17.7 Å². The quantitative estimate of drug-likeness (QED) is 0.757. The molecule has 6 heteroatoms. The average molecular weight is 365 g/mol. The minimum absolute atomic E-state index is 0.278. The van der Waals surface area contributed by atoms with E-state index in [1.54, 1.807) is 0 Å². The number of hydrogen-bond acceptors (Lipinski definition) is 2. The fourth-order valence-electron chi connectivity index (χ4n) is 3.31. The zero-order chi connectivity index (χ0) is 18.0. The summed E-state index contributed by atoms with van der Waals surface area (Å²) in [6.07, 6.45) is -4.43. The van der Waals surface area contributed by atoms with Gasteiger partial charge >= 0.3 is 6.18 Å². The van der Waals surface area contributed by atoms with Gasteiger partial charge in [0.1, 0.15) is 0 Å². The normalized spacial score (nSPS) is 21.2. The van der Waals surface area contributed by atoms with Crippen molar-refractivity contribution in [1.82, 2.24) is 4.90 Å². The Labute approximate surface area is 149 Å². The monoisotopic (exact) mass is 364 g/mol. The Balaban J connectivity index is 1.85. The van der Waals surface area contributed by atoms with Crippen LogP contribution >= 0.6 is 11.6 Å². The first-order valence-electron chi connectivity index (χ1n) is 7.91. The molecular formula is C19H16ClF3N2. The van der Waals surface area contributed by atoms with Gasteiger partial charge in [-0.3, -0.25) is 4.90 Å². The fraction of sp³-hybridized carbons (Fsp3) is 0.316. The highest BCUT2D eigenvalue weighted by molar-refractivity contribution is 6.31. The van der Waals surface area contributed by atoms with Crippen molar-refractivity contribution in [2.24, 2.45) is 5.92 Å². The molecule has 1 fully saturated rings. The largest absolute Gasteiger partial charge is 0.416 e. The molecule has 0 aromatic heterocycles. The van der Waals surface area contributed by atoms with Gasteiger partial charge in [0.25, 0.3) is 0 Å². The Bertz CT molecular complexity index is 783. The van der Waals surface area contributed by atoms with Crippen molar-refractivity contribution < 1.29 is 13.2 Å². The van der Waals surface area contributed by atoms with Gasteiger partial charge in [-0.2, -0.15) is 18.4 Å². The van der Waals surface area contributed by atoms with Crippen molar-refractivity contribution in [1.29, 1.82) is 5.26 Å². The van der Waals surface area contributed by atoms with E-state index in [-0.39, 0.29) is 16.9 Å². The molecule has 0 bridgehead atoms. The maximum atomic E-state index is 13.0. The number of benzene rings is 2. The van der Waals surface area contributed by atoms with Crippen molar-refractivity contribution in [3.8, 4) is 6.07 Å². The number of alkyl halides is 3. The van der Waals surface area contributed by atoms with Crippen LogP contribution in [0.5, 0.6) is 0 Å². The van der Waals surface area contributed by atoms with Crippen LogP contribution in [0.25, 0.3) is 0 Å². The van der Waals surface area contributed by atoms with Crippen molar-refractivity contribution in [2.45, 2.75) is 18.6 Å². The van der Waals surface area contributed by atoms with Gasteiger partial charge in [0.05, 0.1) is 17.6 Å². The van der Waals surface area contributed by atoms with Gasteiger partial charge < -0.3 is 0 Å². The van der Waals surface area contributed by atoms with Crippen LogP contribution in [0.15, 0.2) is 48.5 Å². The molecule has 0 saturated carbocycles. The summed E-state index contributed by atoms with van der Waals surface area (Å²) >= 11 is 6.16. The summed E-state index contributed by atoms with van der Waals surface area (Å²) in [4.78, 5) is 2.09. The number of rotatable bonds is 3. The summed E-state index contributed by atoms with van der Waals surface area (Å²) < 4.78 is 39.0. The number of hydrogen-bond donors (Lipinski definition) is 0. The van der Waals surface area contributed by atoms with Crippen LogP contribution in [0.4, 0.5) is 13.2 Å². The average Bonchev–Trinajstić information content (AvgIpc) is 2.97. The SMILES string of the molecule is N#CC1CN(Cc2ccccc2)CC1c1cc(C(F)(F)F)ccc1Cl. The molecule has 0 spiro atoms. The molecule has 0 N–H and O–H groups in total. The molecule has 1 aliphatic rings. The lowest BCUT2D eigenvalue weighted by Gasteiger charge is -2.18. The Morgan fingerprint density at radius 2 is 1.84 bits per heavy atom. The van der Waals surface area contributed by atoms with Crippen LogP contribution in [0, 0.1) is 17.2 Å². The van der Waals surface area contributed by atoms with E-state index in [1.807, 2.05) is 30.3 Å². The first-order chi connectivity index (χ1) is 11.9. The van der Waals surface area contributed by atoms with Crippen molar-refractivity contribution in [3.05, 3.63) is 70.2 Å². The van der Waals surface area contributed by atoms with Crippen LogP contribution in [-0.4, -0.2) is 18.0 Å². The summed E-state index contributed by atoms with van der Waals surface area (Å²) in [5.74, 6) is -0.715. The van der Waals surface area contributed by atoms with Crippen LogP contribution in [0.2, 0.25) is 5.02 Å². The molecule has 0 amide bonds. The number of likely N-dealkylation sites (tertiary alicyclic amines) is 1. The molecule has 2 aromatic carbocycles. The molecule has 2 nitrogen and oxygen atoms in total. The van der Waals surface area contributed by atoms with Crippen LogP contribution in [-0.2, 0) is 12.7 Å². The third-order valence-electron chi connectivity index (χ3n) is 4.53. The Kier molecular flexibility index (Phi) is 5.03. The van der Waals surface area contributed by atoms with Gasteiger partial charge in [-0.05, 0) is 29.3 Å². The van der Waals surface area contributed by atoms with E-state index in [1.165, 1.54) is 6.07 Å².